The molecule has 8 nitrogen and oxygen atoms in total. The summed E-state index contributed by atoms with van der Waals surface area (Å²) in [5, 5.41) is 26.1. The predicted molar refractivity (Wildman–Crippen MR) is 132 cm³/mol. The molecule has 178 valence electrons. The number of aromatic amines is 1. The Balaban J connectivity index is 1.44. The largest absolute Gasteiger partial charge is 0.480 e. The van der Waals surface area contributed by atoms with Gasteiger partial charge in [0.1, 0.15) is 6.04 Å². The summed E-state index contributed by atoms with van der Waals surface area (Å²) >= 11 is 0. The lowest BCUT2D eigenvalue weighted by molar-refractivity contribution is -0.151. The van der Waals surface area contributed by atoms with Gasteiger partial charge in [-0.3, -0.25) is 4.79 Å². The van der Waals surface area contributed by atoms with Gasteiger partial charge in [0.25, 0.3) is 0 Å². The number of carbonyl (C=O) groups is 2. The number of aliphatic carboxylic acids is 1. The number of carboxylic acid groups (broad SMARTS) is 1. The normalized spacial score (nSPS) is 14.8. The number of amides is 1. The molecule has 8 heteroatoms. The molecule has 0 aliphatic heterocycles. The van der Waals surface area contributed by atoms with E-state index in [1.807, 2.05) is 54.6 Å². The van der Waals surface area contributed by atoms with Crippen LogP contribution in [0, 0.1) is 5.92 Å². The van der Waals surface area contributed by atoms with Gasteiger partial charge in [0, 0.05) is 18.0 Å². The van der Waals surface area contributed by atoms with Crippen molar-refractivity contribution < 1.29 is 14.7 Å². The minimum atomic E-state index is -0.984. The van der Waals surface area contributed by atoms with Crippen LogP contribution < -0.4 is 0 Å². The van der Waals surface area contributed by atoms with Crippen LogP contribution in [0.4, 0.5) is 0 Å². The number of rotatable bonds is 7. The molecule has 2 N–H and O–H groups in total. The molecule has 1 aliphatic carbocycles. The van der Waals surface area contributed by atoms with Crippen LogP contribution in [-0.4, -0.2) is 48.5 Å². The fourth-order valence-electron chi connectivity index (χ4n) is 4.91. The molecular formula is C27H27N5O3. The van der Waals surface area contributed by atoms with Crippen LogP contribution in [0.2, 0.25) is 0 Å². The Morgan fingerprint density at radius 1 is 1.03 bits per heavy atom. The number of nitrogens with one attached hydrogen (secondary N) is 1. The molecule has 3 aromatic carbocycles. The van der Waals surface area contributed by atoms with Crippen molar-refractivity contribution in [1.82, 2.24) is 25.5 Å². The maximum Gasteiger partial charge on any atom is 0.326 e. The second-order valence-electron chi connectivity index (χ2n) is 9.14. The average molecular weight is 470 g/mol. The first-order chi connectivity index (χ1) is 17.0. The van der Waals surface area contributed by atoms with Gasteiger partial charge in [-0.05, 0) is 64.6 Å². The summed E-state index contributed by atoms with van der Waals surface area (Å²) in [5.41, 5.74) is 3.84. The van der Waals surface area contributed by atoms with Crippen LogP contribution in [0.3, 0.4) is 0 Å². The molecule has 1 amide bonds. The third-order valence-electron chi connectivity index (χ3n) is 6.89. The van der Waals surface area contributed by atoms with Crippen molar-refractivity contribution in [2.24, 2.45) is 5.92 Å². The highest BCUT2D eigenvalue weighted by Crippen LogP contribution is 2.32. The molecule has 0 radical (unpaired) electrons. The van der Waals surface area contributed by atoms with E-state index in [-0.39, 0.29) is 18.4 Å². The summed E-state index contributed by atoms with van der Waals surface area (Å²) in [4.78, 5) is 26.4. The first kappa shape index (κ1) is 22.7. The monoisotopic (exact) mass is 469 g/mol. The number of fused-ring (bicyclic) bond motifs is 1. The smallest absolute Gasteiger partial charge is 0.326 e. The number of hydrogen-bond donors (Lipinski definition) is 2. The molecule has 4 aromatic rings. The second kappa shape index (κ2) is 9.66. The van der Waals surface area contributed by atoms with E-state index in [0.717, 1.165) is 58.7 Å². The van der Waals surface area contributed by atoms with Gasteiger partial charge in [-0.2, -0.15) is 5.21 Å². The first-order valence-electron chi connectivity index (χ1n) is 11.9. The number of benzene rings is 3. The van der Waals surface area contributed by atoms with E-state index >= 15 is 0 Å². The summed E-state index contributed by atoms with van der Waals surface area (Å²) < 4.78 is 0. The number of nitrogens with zero attached hydrogens (tertiary/aromatic N) is 4. The summed E-state index contributed by atoms with van der Waals surface area (Å²) in [6.45, 7) is 1.87. The molecule has 1 aromatic heterocycles. The third kappa shape index (κ3) is 4.64. The molecule has 5 rings (SSSR count). The van der Waals surface area contributed by atoms with E-state index in [1.54, 1.807) is 6.92 Å². The minimum absolute atomic E-state index is 0.0501. The standard InChI is InChI=1S/C27H27N5O3/c1-17(27(34)35)32(26(33)19-6-2-3-7-19)16-18-10-11-21-15-22(13-12-20(21)14-18)23-8-4-5-9-24(23)25-28-30-31-29-25/h4-5,8-15,17,19H,2-3,6-7,16H2,1H3,(H,34,35)(H,28,29,30,31)/t17-/m0/s1. The van der Waals surface area contributed by atoms with Crippen LogP contribution in [0.1, 0.15) is 38.2 Å². The van der Waals surface area contributed by atoms with E-state index in [2.05, 4.69) is 26.7 Å². The molecule has 1 fully saturated rings. The van der Waals surface area contributed by atoms with Crippen LogP contribution >= 0.6 is 0 Å². The second-order valence-corrected chi connectivity index (χ2v) is 9.14. The Hall–Kier alpha value is -4.07. The zero-order valence-corrected chi connectivity index (χ0v) is 19.5. The van der Waals surface area contributed by atoms with Crippen molar-refractivity contribution in [2.75, 3.05) is 0 Å². The quantitative estimate of drug-likeness (QED) is 0.406. The average Bonchev–Trinajstić information content (AvgIpc) is 3.61. The summed E-state index contributed by atoms with van der Waals surface area (Å²) in [7, 11) is 0. The van der Waals surface area contributed by atoms with Gasteiger partial charge in [0.2, 0.25) is 11.7 Å². The van der Waals surface area contributed by atoms with E-state index in [1.165, 1.54) is 4.90 Å². The molecular weight excluding hydrogens is 442 g/mol. The Kier molecular flexibility index (Phi) is 6.27. The zero-order valence-electron chi connectivity index (χ0n) is 19.5. The lowest BCUT2D eigenvalue weighted by Crippen LogP contribution is -2.45. The first-order valence-corrected chi connectivity index (χ1v) is 11.9. The van der Waals surface area contributed by atoms with E-state index in [4.69, 9.17) is 0 Å². The molecule has 35 heavy (non-hydrogen) atoms. The number of carbonyl (C=O) groups excluding carboxylic acids is 1. The van der Waals surface area contributed by atoms with Gasteiger partial charge in [-0.15, -0.1) is 10.2 Å². The highest BCUT2D eigenvalue weighted by molar-refractivity contribution is 5.91. The molecule has 1 heterocycles. The highest BCUT2D eigenvalue weighted by Gasteiger charge is 2.32. The van der Waals surface area contributed by atoms with Gasteiger partial charge in [-0.1, -0.05) is 61.4 Å². The number of H-pyrrole nitrogens is 1. The Bertz CT molecular complexity index is 1360. The summed E-state index contributed by atoms with van der Waals surface area (Å²) in [6.07, 6.45) is 3.74. The summed E-state index contributed by atoms with van der Waals surface area (Å²) in [5.74, 6) is -0.567. The van der Waals surface area contributed by atoms with Crippen LogP contribution in [0.15, 0.2) is 60.7 Å². The number of hydrogen-bond acceptors (Lipinski definition) is 5. The maximum atomic E-state index is 13.1. The van der Waals surface area contributed by atoms with Crippen molar-refractivity contribution in [3.05, 3.63) is 66.2 Å². The number of tetrazole rings is 1. The lowest BCUT2D eigenvalue weighted by Gasteiger charge is -2.29. The molecule has 0 unspecified atom stereocenters. The SMILES string of the molecule is C[C@@H](C(=O)O)N(Cc1ccc2cc(-c3ccccc3-c3nn[nH]n3)ccc2c1)C(=O)C1CCCC1. The molecule has 0 saturated heterocycles. The molecule has 0 bridgehead atoms. The van der Waals surface area contributed by atoms with Gasteiger partial charge in [0.15, 0.2) is 0 Å². The van der Waals surface area contributed by atoms with Crippen molar-refractivity contribution in [3.63, 3.8) is 0 Å². The van der Waals surface area contributed by atoms with E-state index in [9.17, 15) is 14.7 Å². The third-order valence-corrected chi connectivity index (χ3v) is 6.89. The molecule has 1 saturated carbocycles. The predicted octanol–water partition coefficient (Wildman–Crippen LogP) is 4.68. The topological polar surface area (TPSA) is 112 Å². The van der Waals surface area contributed by atoms with Crippen LogP contribution in [-0.2, 0) is 16.1 Å². The van der Waals surface area contributed by atoms with Crippen LogP contribution in [0.25, 0.3) is 33.3 Å². The fourth-order valence-corrected chi connectivity index (χ4v) is 4.91. The van der Waals surface area contributed by atoms with E-state index in [0.29, 0.717) is 5.82 Å². The van der Waals surface area contributed by atoms with Crippen molar-refractivity contribution in [1.29, 1.82) is 0 Å². The van der Waals surface area contributed by atoms with E-state index < -0.39 is 12.0 Å². The van der Waals surface area contributed by atoms with Gasteiger partial charge >= 0.3 is 5.97 Å². The number of carboxylic acids is 1. The molecule has 1 atom stereocenters. The lowest BCUT2D eigenvalue weighted by atomic mass is 9.96. The maximum absolute atomic E-state index is 13.1. The highest BCUT2D eigenvalue weighted by atomic mass is 16.4. The van der Waals surface area contributed by atoms with Crippen molar-refractivity contribution >= 4 is 22.6 Å². The van der Waals surface area contributed by atoms with Gasteiger partial charge in [0.05, 0.1) is 0 Å². The van der Waals surface area contributed by atoms with Crippen molar-refractivity contribution in [3.8, 4) is 22.5 Å². The van der Waals surface area contributed by atoms with Gasteiger partial charge in [-0.25, -0.2) is 4.79 Å². The van der Waals surface area contributed by atoms with Crippen molar-refractivity contribution in [2.45, 2.75) is 45.2 Å². The molecule has 1 aliphatic rings. The zero-order chi connectivity index (χ0) is 24.4. The Morgan fingerprint density at radius 3 is 2.46 bits per heavy atom. The Labute approximate surface area is 203 Å². The fraction of sp³-hybridized carbons (Fsp3) is 0.296. The van der Waals surface area contributed by atoms with Crippen LogP contribution in [0.5, 0.6) is 0 Å². The minimum Gasteiger partial charge on any atom is -0.480 e. The molecule has 0 spiro atoms. The van der Waals surface area contributed by atoms with Gasteiger partial charge < -0.3 is 10.0 Å². The summed E-state index contributed by atoms with van der Waals surface area (Å²) in [6, 6.07) is 19.3. The number of aromatic nitrogens is 4. The Morgan fingerprint density at radius 2 is 1.74 bits per heavy atom.